The molecular formula is C22H14FN3O6. The van der Waals surface area contributed by atoms with Crippen LogP contribution in [0.2, 0.25) is 0 Å². The van der Waals surface area contributed by atoms with E-state index in [9.17, 15) is 28.9 Å². The number of non-ortho nitro benzene ring substituents is 1. The van der Waals surface area contributed by atoms with E-state index in [0.717, 1.165) is 23.8 Å². The standard InChI is InChI=1S/C22H14FN3O6/c1-12-2-5-15(26(30)31)10-17(12)19-9-8-16(32-19)11-18-20(27)24-22(29)25(21(18)28)14-6-3-13(23)4-7-14/h2-11H,1H3,(H,24,27,29)/b18-11-. The molecule has 160 valence electrons. The normalized spacial score (nSPS) is 15.2. The number of rotatable bonds is 4. The van der Waals surface area contributed by atoms with E-state index in [2.05, 4.69) is 5.32 Å². The minimum Gasteiger partial charge on any atom is -0.457 e. The molecule has 0 aliphatic carbocycles. The molecule has 4 rings (SSSR count). The zero-order valence-corrected chi connectivity index (χ0v) is 16.5. The van der Waals surface area contributed by atoms with Crippen LogP contribution in [0.4, 0.5) is 20.6 Å². The Morgan fingerprint density at radius 1 is 1.06 bits per heavy atom. The number of nitrogens with zero attached hydrogens (tertiary/aromatic N) is 2. The molecule has 0 unspecified atom stereocenters. The van der Waals surface area contributed by atoms with Crippen molar-refractivity contribution < 1.29 is 28.1 Å². The van der Waals surface area contributed by atoms with Gasteiger partial charge in [-0.25, -0.2) is 14.1 Å². The fourth-order valence-electron chi connectivity index (χ4n) is 3.19. The first-order chi connectivity index (χ1) is 15.2. The van der Waals surface area contributed by atoms with Crippen molar-refractivity contribution in [1.82, 2.24) is 5.32 Å². The summed E-state index contributed by atoms with van der Waals surface area (Å²) < 4.78 is 18.9. The summed E-state index contributed by atoms with van der Waals surface area (Å²) >= 11 is 0. The number of aryl methyl sites for hydroxylation is 1. The van der Waals surface area contributed by atoms with Gasteiger partial charge >= 0.3 is 6.03 Å². The molecule has 0 bridgehead atoms. The highest BCUT2D eigenvalue weighted by atomic mass is 19.1. The topological polar surface area (TPSA) is 123 Å². The van der Waals surface area contributed by atoms with Crippen LogP contribution >= 0.6 is 0 Å². The second-order valence-electron chi connectivity index (χ2n) is 6.89. The molecule has 1 aliphatic rings. The van der Waals surface area contributed by atoms with Crippen LogP contribution in [-0.2, 0) is 9.59 Å². The minimum absolute atomic E-state index is 0.0830. The third-order valence-corrected chi connectivity index (χ3v) is 4.80. The van der Waals surface area contributed by atoms with Crippen molar-refractivity contribution in [3.05, 3.63) is 87.4 Å². The van der Waals surface area contributed by atoms with E-state index in [4.69, 9.17) is 4.42 Å². The van der Waals surface area contributed by atoms with Crippen molar-refractivity contribution in [2.45, 2.75) is 6.92 Å². The van der Waals surface area contributed by atoms with Gasteiger partial charge in [-0.15, -0.1) is 0 Å². The molecule has 1 N–H and O–H groups in total. The van der Waals surface area contributed by atoms with E-state index in [-0.39, 0.29) is 22.7 Å². The molecule has 9 nitrogen and oxygen atoms in total. The van der Waals surface area contributed by atoms with Gasteiger partial charge in [-0.3, -0.25) is 25.0 Å². The monoisotopic (exact) mass is 435 g/mol. The summed E-state index contributed by atoms with van der Waals surface area (Å²) in [6.45, 7) is 1.75. The van der Waals surface area contributed by atoms with Gasteiger partial charge in [0.05, 0.1) is 10.6 Å². The number of nitrogens with one attached hydrogen (secondary N) is 1. The van der Waals surface area contributed by atoms with Crippen molar-refractivity contribution in [2.24, 2.45) is 0 Å². The SMILES string of the molecule is Cc1ccc([N+](=O)[O-])cc1-c1ccc(/C=C2/C(=O)NC(=O)N(c3ccc(F)cc3)C2=O)o1. The molecule has 2 heterocycles. The van der Waals surface area contributed by atoms with Gasteiger partial charge in [0.25, 0.3) is 17.5 Å². The first-order valence-electron chi connectivity index (χ1n) is 9.27. The van der Waals surface area contributed by atoms with Crippen LogP contribution in [0.3, 0.4) is 0 Å². The van der Waals surface area contributed by atoms with E-state index in [1.807, 2.05) is 0 Å². The average Bonchev–Trinajstić information content (AvgIpc) is 3.21. The number of barbiturate groups is 1. The van der Waals surface area contributed by atoms with E-state index < -0.39 is 28.6 Å². The molecule has 2 aromatic carbocycles. The smallest absolute Gasteiger partial charge is 0.335 e. The lowest BCUT2D eigenvalue weighted by molar-refractivity contribution is -0.384. The molecule has 0 saturated carbocycles. The Kier molecular flexibility index (Phi) is 5.11. The van der Waals surface area contributed by atoms with Crippen LogP contribution in [-0.4, -0.2) is 22.8 Å². The number of nitro benzene ring substituents is 1. The van der Waals surface area contributed by atoms with Gasteiger partial charge in [0.15, 0.2) is 0 Å². The van der Waals surface area contributed by atoms with Crippen LogP contribution in [0, 0.1) is 22.9 Å². The number of halogens is 1. The van der Waals surface area contributed by atoms with Crippen LogP contribution < -0.4 is 10.2 Å². The fourth-order valence-corrected chi connectivity index (χ4v) is 3.19. The third-order valence-electron chi connectivity index (χ3n) is 4.80. The number of urea groups is 1. The zero-order valence-electron chi connectivity index (χ0n) is 16.5. The molecule has 0 spiro atoms. The highest BCUT2D eigenvalue weighted by Crippen LogP contribution is 2.30. The number of hydrogen-bond acceptors (Lipinski definition) is 6. The number of furan rings is 1. The quantitative estimate of drug-likeness (QED) is 0.286. The van der Waals surface area contributed by atoms with E-state index in [0.29, 0.717) is 16.2 Å². The van der Waals surface area contributed by atoms with Gasteiger partial charge < -0.3 is 4.42 Å². The summed E-state index contributed by atoms with van der Waals surface area (Å²) in [5.74, 6) is -1.95. The molecule has 0 radical (unpaired) electrons. The molecule has 1 aliphatic heterocycles. The minimum atomic E-state index is -0.962. The van der Waals surface area contributed by atoms with Crippen molar-refractivity contribution in [3.8, 4) is 11.3 Å². The molecule has 10 heteroatoms. The Hall–Kier alpha value is -4.60. The molecule has 3 aromatic rings. The Balaban J connectivity index is 1.69. The highest BCUT2D eigenvalue weighted by molar-refractivity contribution is 6.39. The van der Waals surface area contributed by atoms with E-state index in [1.165, 1.54) is 30.3 Å². The highest BCUT2D eigenvalue weighted by Gasteiger charge is 2.37. The molecule has 1 fully saturated rings. The van der Waals surface area contributed by atoms with E-state index >= 15 is 0 Å². The van der Waals surface area contributed by atoms with Crippen LogP contribution in [0.5, 0.6) is 0 Å². The van der Waals surface area contributed by atoms with Crippen molar-refractivity contribution in [2.75, 3.05) is 4.90 Å². The first-order valence-corrected chi connectivity index (χ1v) is 9.27. The molecule has 32 heavy (non-hydrogen) atoms. The summed E-state index contributed by atoms with van der Waals surface area (Å²) in [6, 6.07) is 11.0. The van der Waals surface area contributed by atoms with Gasteiger partial charge in [-0.05, 0) is 55.0 Å². The number of benzene rings is 2. The maximum absolute atomic E-state index is 13.2. The van der Waals surface area contributed by atoms with Crippen molar-refractivity contribution in [1.29, 1.82) is 0 Å². The van der Waals surface area contributed by atoms with Gasteiger partial charge in [-0.1, -0.05) is 6.07 Å². The van der Waals surface area contributed by atoms with E-state index in [1.54, 1.807) is 19.1 Å². The maximum atomic E-state index is 13.2. The Morgan fingerprint density at radius 3 is 2.47 bits per heavy atom. The summed E-state index contributed by atoms with van der Waals surface area (Å²) in [7, 11) is 0. The van der Waals surface area contributed by atoms with Gasteiger partial charge in [0.1, 0.15) is 22.9 Å². The largest absolute Gasteiger partial charge is 0.457 e. The molecule has 1 aromatic heterocycles. The number of nitro groups is 1. The first kappa shape index (κ1) is 20.7. The molecular weight excluding hydrogens is 421 g/mol. The predicted octanol–water partition coefficient (Wildman–Crippen LogP) is 3.97. The van der Waals surface area contributed by atoms with Crippen molar-refractivity contribution in [3.63, 3.8) is 0 Å². The summed E-state index contributed by atoms with van der Waals surface area (Å²) in [5, 5.41) is 13.1. The molecule has 1 saturated heterocycles. The van der Waals surface area contributed by atoms with Gasteiger partial charge in [0.2, 0.25) is 0 Å². The lowest BCUT2D eigenvalue weighted by atomic mass is 10.1. The lowest BCUT2D eigenvalue weighted by Gasteiger charge is -2.26. The summed E-state index contributed by atoms with van der Waals surface area (Å²) in [5.41, 5.74) is 0.803. The second kappa shape index (κ2) is 7.91. The van der Waals surface area contributed by atoms with Crippen LogP contribution in [0.15, 0.2) is 64.6 Å². The second-order valence-corrected chi connectivity index (χ2v) is 6.89. The Labute approximate surface area is 179 Å². The number of carbonyl (C=O) groups excluding carboxylic acids is 3. The fraction of sp³-hybridized carbons (Fsp3) is 0.0455. The number of hydrogen-bond donors (Lipinski definition) is 1. The van der Waals surface area contributed by atoms with Crippen molar-refractivity contribution >= 4 is 35.3 Å². The van der Waals surface area contributed by atoms with Gasteiger partial charge in [0, 0.05) is 17.7 Å². The van der Waals surface area contributed by atoms with Crippen LogP contribution in [0.25, 0.3) is 17.4 Å². The number of imide groups is 2. The van der Waals surface area contributed by atoms with Crippen LogP contribution in [0.1, 0.15) is 11.3 Å². The zero-order chi connectivity index (χ0) is 23.0. The molecule has 0 atom stereocenters. The van der Waals surface area contributed by atoms with Gasteiger partial charge in [-0.2, -0.15) is 0 Å². The molecule has 4 amide bonds. The Bertz CT molecular complexity index is 1310. The summed E-state index contributed by atoms with van der Waals surface area (Å²) in [4.78, 5) is 48.6. The lowest BCUT2D eigenvalue weighted by Crippen LogP contribution is -2.54. The number of carbonyl (C=O) groups is 3. The number of amides is 4. The third kappa shape index (κ3) is 3.76. The number of anilines is 1. The average molecular weight is 435 g/mol. The maximum Gasteiger partial charge on any atom is 0.335 e. The summed E-state index contributed by atoms with van der Waals surface area (Å²) in [6.07, 6.45) is 1.16. The predicted molar refractivity (Wildman–Crippen MR) is 111 cm³/mol. The Morgan fingerprint density at radius 2 is 1.78 bits per heavy atom.